The summed E-state index contributed by atoms with van der Waals surface area (Å²) in [6.45, 7) is 4.36. The molecule has 2 aromatic carbocycles. The lowest BCUT2D eigenvalue weighted by Crippen LogP contribution is -2.36. The van der Waals surface area contributed by atoms with E-state index in [1.165, 1.54) is 24.1 Å². The van der Waals surface area contributed by atoms with Gasteiger partial charge < -0.3 is 0 Å². The Hall–Kier alpha value is -2.50. The smallest absolute Gasteiger partial charge is 0.257 e. The van der Waals surface area contributed by atoms with Crippen LogP contribution in [-0.4, -0.2) is 28.4 Å². The highest BCUT2D eigenvalue weighted by atomic mass is 32.1. The van der Waals surface area contributed by atoms with E-state index in [9.17, 15) is 4.79 Å². The molecule has 4 rings (SSSR count). The minimum Gasteiger partial charge on any atom is -0.298 e. The number of aromatic nitrogens is 1. The van der Waals surface area contributed by atoms with E-state index in [1.807, 2.05) is 48.7 Å². The summed E-state index contributed by atoms with van der Waals surface area (Å²) >= 11 is 1.57. The van der Waals surface area contributed by atoms with Crippen LogP contribution in [-0.2, 0) is 6.54 Å². The Bertz CT molecular complexity index is 921. The number of thiazole rings is 1. The number of rotatable bonds is 5. The van der Waals surface area contributed by atoms with E-state index in [4.69, 9.17) is 0 Å². The molecular weight excluding hydrogens is 366 g/mol. The molecule has 1 aliphatic rings. The molecule has 1 saturated heterocycles. The highest BCUT2D eigenvalue weighted by Gasteiger charge is 2.19. The van der Waals surface area contributed by atoms with Crippen molar-refractivity contribution in [1.82, 2.24) is 9.88 Å². The van der Waals surface area contributed by atoms with Crippen LogP contribution in [0.4, 0.5) is 5.13 Å². The summed E-state index contributed by atoms with van der Waals surface area (Å²) in [5, 5.41) is 3.60. The van der Waals surface area contributed by atoms with Gasteiger partial charge >= 0.3 is 0 Å². The number of amides is 1. The third kappa shape index (κ3) is 4.49. The van der Waals surface area contributed by atoms with Crippen LogP contribution in [0, 0.1) is 0 Å². The molecule has 5 heteroatoms. The number of anilines is 1. The number of piperidine rings is 1. The van der Waals surface area contributed by atoms with Crippen LogP contribution in [0.1, 0.15) is 41.4 Å². The maximum absolute atomic E-state index is 12.6. The first-order valence-corrected chi connectivity index (χ1v) is 10.7. The van der Waals surface area contributed by atoms with E-state index in [0.717, 1.165) is 24.2 Å². The number of nitrogens with one attached hydrogen (secondary N) is 1. The fourth-order valence-corrected chi connectivity index (χ4v) is 4.48. The molecule has 4 nitrogen and oxygen atoms in total. The summed E-state index contributed by atoms with van der Waals surface area (Å²) in [5.74, 6) is -0.119. The molecule has 144 valence electrons. The summed E-state index contributed by atoms with van der Waals surface area (Å²) < 4.78 is 0. The summed E-state index contributed by atoms with van der Waals surface area (Å²) in [4.78, 5) is 20.7. The number of carbonyl (C=O) groups is 1. The average molecular weight is 392 g/mol. The Balaban J connectivity index is 1.38. The van der Waals surface area contributed by atoms with Crippen molar-refractivity contribution in [3.8, 4) is 11.1 Å². The minimum absolute atomic E-state index is 0.119. The second kappa shape index (κ2) is 8.67. The van der Waals surface area contributed by atoms with Gasteiger partial charge in [-0.3, -0.25) is 15.0 Å². The monoisotopic (exact) mass is 391 g/mol. The van der Waals surface area contributed by atoms with Gasteiger partial charge in [0, 0.05) is 29.2 Å². The lowest BCUT2D eigenvalue weighted by Gasteiger charge is -2.32. The maximum atomic E-state index is 12.6. The zero-order valence-corrected chi connectivity index (χ0v) is 16.9. The van der Waals surface area contributed by atoms with Crippen LogP contribution in [0.2, 0.25) is 0 Å². The van der Waals surface area contributed by atoms with Crippen LogP contribution >= 0.6 is 11.3 Å². The van der Waals surface area contributed by atoms with E-state index in [2.05, 4.69) is 34.3 Å². The Morgan fingerprint density at radius 2 is 1.86 bits per heavy atom. The molecule has 1 unspecified atom stereocenters. The Morgan fingerprint density at radius 3 is 2.61 bits per heavy atom. The van der Waals surface area contributed by atoms with Crippen molar-refractivity contribution >= 4 is 22.4 Å². The van der Waals surface area contributed by atoms with E-state index in [1.54, 1.807) is 11.3 Å². The number of nitrogens with zero attached hydrogens (tertiary/aromatic N) is 2. The van der Waals surface area contributed by atoms with Crippen LogP contribution in [0.25, 0.3) is 11.1 Å². The zero-order chi connectivity index (χ0) is 19.3. The molecule has 0 radical (unpaired) electrons. The fourth-order valence-electron chi connectivity index (χ4n) is 3.65. The van der Waals surface area contributed by atoms with Crippen molar-refractivity contribution < 1.29 is 4.79 Å². The predicted octanol–water partition coefficient (Wildman–Crippen LogP) is 5.44. The summed E-state index contributed by atoms with van der Waals surface area (Å²) in [6.07, 6.45) is 5.75. The van der Waals surface area contributed by atoms with Gasteiger partial charge in [0.2, 0.25) is 0 Å². The van der Waals surface area contributed by atoms with Gasteiger partial charge in [-0.2, -0.15) is 0 Å². The number of likely N-dealkylation sites (tertiary alicyclic amines) is 1. The van der Waals surface area contributed by atoms with Gasteiger partial charge in [0.1, 0.15) is 0 Å². The van der Waals surface area contributed by atoms with Crippen molar-refractivity contribution in [3.05, 3.63) is 71.2 Å². The lowest BCUT2D eigenvalue weighted by atomic mass is 10.0. The number of benzene rings is 2. The molecule has 1 atom stereocenters. The molecule has 0 aliphatic carbocycles. The second-order valence-electron chi connectivity index (χ2n) is 7.34. The van der Waals surface area contributed by atoms with Crippen molar-refractivity contribution in [3.63, 3.8) is 0 Å². The van der Waals surface area contributed by atoms with Crippen LogP contribution in [0.5, 0.6) is 0 Å². The quantitative estimate of drug-likeness (QED) is 0.630. The van der Waals surface area contributed by atoms with E-state index < -0.39 is 0 Å². The molecule has 0 saturated carbocycles. The molecule has 1 aliphatic heterocycles. The first kappa shape index (κ1) is 18.8. The summed E-state index contributed by atoms with van der Waals surface area (Å²) in [6, 6.07) is 18.5. The van der Waals surface area contributed by atoms with Gasteiger partial charge in [0.25, 0.3) is 5.91 Å². The lowest BCUT2D eigenvalue weighted by molar-refractivity contribution is 0.102. The van der Waals surface area contributed by atoms with Gasteiger partial charge in [0.05, 0.1) is 0 Å². The Kier molecular flexibility index (Phi) is 5.84. The average Bonchev–Trinajstić information content (AvgIpc) is 3.17. The molecule has 2 heterocycles. The second-order valence-corrected chi connectivity index (χ2v) is 8.46. The number of carbonyl (C=O) groups excluding carboxylic acids is 1. The Labute approximate surface area is 170 Å². The molecule has 1 N–H and O–H groups in total. The fraction of sp³-hybridized carbons (Fsp3) is 0.304. The molecule has 0 bridgehead atoms. The van der Waals surface area contributed by atoms with E-state index in [-0.39, 0.29) is 5.91 Å². The highest BCUT2D eigenvalue weighted by molar-refractivity contribution is 7.15. The van der Waals surface area contributed by atoms with Crippen LogP contribution < -0.4 is 5.32 Å². The molecule has 3 aromatic rings. The van der Waals surface area contributed by atoms with Crippen molar-refractivity contribution in [2.24, 2.45) is 0 Å². The van der Waals surface area contributed by atoms with Crippen LogP contribution in [0.3, 0.4) is 0 Å². The first-order chi connectivity index (χ1) is 13.7. The summed E-state index contributed by atoms with van der Waals surface area (Å²) in [5.41, 5.74) is 2.89. The van der Waals surface area contributed by atoms with Gasteiger partial charge in [-0.25, -0.2) is 4.98 Å². The molecule has 1 fully saturated rings. The van der Waals surface area contributed by atoms with Gasteiger partial charge in [-0.05, 0) is 49.6 Å². The minimum atomic E-state index is -0.119. The van der Waals surface area contributed by atoms with Crippen molar-refractivity contribution in [2.75, 3.05) is 11.9 Å². The SMILES string of the molecule is CC1CCCCN1Cc1cnc(NC(=O)c2ccc(-c3ccccc3)cc2)s1. The maximum Gasteiger partial charge on any atom is 0.257 e. The number of hydrogen-bond donors (Lipinski definition) is 1. The summed E-state index contributed by atoms with van der Waals surface area (Å²) in [7, 11) is 0. The highest BCUT2D eigenvalue weighted by Crippen LogP contribution is 2.25. The third-order valence-corrected chi connectivity index (χ3v) is 6.23. The van der Waals surface area contributed by atoms with Gasteiger partial charge in [-0.15, -0.1) is 11.3 Å². The molecule has 1 aromatic heterocycles. The molecule has 0 spiro atoms. The topological polar surface area (TPSA) is 45.2 Å². The van der Waals surface area contributed by atoms with Crippen LogP contribution in [0.15, 0.2) is 60.8 Å². The molecule has 1 amide bonds. The molecule has 28 heavy (non-hydrogen) atoms. The van der Waals surface area contributed by atoms with Crippen molar-refractivity contribution in [2.45, 2.75) is 38.8 Å². The van der Waals surface area contributed by atoms with Gasteiger partial charge in [0.15, 0.2) is 5.13 Å². The standard InChI is InChI=1S/C23H25N3OS/c1-17-7-5-6-14-26(17)16-21-15-24-23(28-21)25-22(27)20-12-10-19(11-13-20)18-8-3-2-4-9-18/h2-4,8-13,15,17H,5-7,14,16H2,1H3,(H,24,25,27). The predicted molar refractivity (Wildman–Crippen MR) is 116 cm³/mol. The first-order valence-electron chi connectivity index (χ1n) is 9.84. The number of hydrogen-bond acceptors (Lipinski definition) is 4. The van der Waals surface area contributed by atoms with Crippen molar-refractivity contribution in [1.29, 1.82) is 0 Å². The van der Waals surface area contributed by atoms with Gasteiger partial charge in [-0.1, -0.05) is 48.9 Å². The third-order valence-electron chi connectivity index (χ3n) is 5.33. The normalized spacial score (nSPS) is 17.4. The van der Waals surface area contributed by atoms with E-state index in [0.29, 0.717) is 16.7 Å². The largest absolute Gasteiger partial charge is 0.298 e. The zero-order valence-electron chi connectivity index (χ0n) is 16.1. The molecular formula is C23H25N3OS. The Morgan fingerprint density at radius 1 is 1.11 bits per heavy atom. The van der Waals surface area contributed by atoms with E-state index >= 15 is 0 Å².